The van der Waals surface area contributed by atoms with Gasteiger partial charge in [0.1, 0.15) is 0 Å². The molecule has 0 aromatic carbocycles. The van der Waals surface area contributed by atoms with Gasteiger partial charge in [-0.25, -0.2) is 8.78 Å². The summed E-state index contributed by atoms with van der Waals surface area (Å²) in [4.78, 5) is 1.82. The van der Waals surface area contributed by atoms with Gasteiger partial charge in [0.25, 0.3) is 5.92 Å². The first-order valence-electron chi connectivity index (χ1n) is 4.45. The predicted molar refractivity (Wildman–Crippen MR) is 52.4 cm³/mol. The Bertz CT molecular complexity index is 166. The SMILES string of the molecule is CC1CSCCN1CC(F)(F)CN. The molecule has 0 aromatic heterocycles. The van der Waals surface area contributed by atoms with E-state index in [4.69, 9.17) is 5.73 Å². The van der Waals surface area contributed by atoms with Crippen molar-refractivity contribution >= 4 is 11.8 Å². The van der Waals surface area contributed by atoms with E-state index in [2.05, 4.69) is 0 Å². The van der Waals surface area contributed by atoms with Gasteiger partial charge in [0.05, 0.1) is 13.1 Å². The van der Waals surface area contributed by atoms with Gasteiger partial charge in [0, 0.05) is 24.1 Å². The first-order chi connectivity index (χ1) is 6.05. The summed E-state index contributed by atoms with van der Waals surface area (Å²) in [6.45, 7) is 1.99. The molecular formula is C8H16F2N2S. The molecule has 1 atom stereocenters. The summed E-state index contributed by atoms with van der Waals surface area (Å²) in [5.74, 6) is -0.831. The molecule has 0 aromatic rings. The second-order valence-electron chi connectivity index (χ2n) is 3.45. The molecule has 13 heavy (non-hydrogen) atoms. The highest BCUT2D eigenvalue weighted by Crippen LogP contribution is 2.20. The molecule has 0 radical (unpaired) electrons. The lowest BCUT2D eigenvalue weighted by Crippen LogP contribution is -2.49. The Balaban J connectivity index is 2.42. The van der Waals surface area contributed by atoms with Gasteiger partial charge in [0.2, 0.25) is 0 Å². The quantitative estimate of drug-likeness (QED) is 0.754. The van der Waals surface area contributed by atoms with E-state index >= 15 is 0 Å². The molecule has 0 amide bonds. The number of hydrogen-bond acceptors (Lipinski definition) is 3. The summed E-state index contributed by atoms with van der Waals surface area (Å²) in [7, 11) is 0. The Morgan fingerprint density at radius 1 is 1.62 bits per heavy atom. The lowest BCUT2D eigenvalue weighted by atomic mass is 10.2. The molecule has 1 fully saturated rings. The maximum atomic E-state index is 12.9. The monoisotopic (exact) mass is 210 g/mol. The number of alkyl halides is 2. The highest BCUT2D eigenvalue weighted by Gasteiger charge is 2.32. The smallest absolute Gasteiger partial charge is 0.272 e. The van der Waals surface area contributed by atoms with Gasteiger partial charge < -0.3 is 5.73 Å². The minimum Gasteiger partial charge on any atom is -0.325 e. The minimum absolute atomic E-state index is 0.189. The van der Waals surface area contributed by atoms with Crippen LogP contribution in [0.2, 0.25) is 0 Å². The van der Waals surface area contributed by atoms with Gasteiger partial charge in [-0.05, 0) is 6.92 Å². The van der Waals surface area contributed by atoms with E-state index in [0.717, 1.165) is 18.1 Å². The third kappa shape index (κ3) is 3.40. The van der Waals surface area contributed by atoms with Crippen LogP contribution in [0.4, 0.5) is 8.78 Å². The van der Waals surface area contributed by atoms with E-state index < -0.39 is 12.5 Å². The van der Waals surface area contributed by atoms with Crippen LogP contribution in [0.3, 0.4) is 0 Å². The number of nitrogens with two attached hydrogens (primary N) is 1. The van der Waals surface area contributed by atoms with E-state index in [-0.39, 0.29) is 12.6 Å². The van der Waals surface area contributed by atoms with Crippen LogP contribution in [0, 0.1) is 0 Å². The maximum absolute atomic E-state index is 12.9. The van der Waals surface area contributed by atoms with Gasteiger partial charge in [0.15, 0.2) is 0 Å². The van der Waals surface area contributed by atoms with Gasteiger partial charge in [-0.2, -0.15) is 11.8 Å². The van der Waals surface area contributed by atoms with Crippen LogP contribution in [-0.4, -0.2) is 48.0 Å². The molecular weight excluding hydrogens is 194 g/mol. The van der Waals surface area contributed by atoms with Crippen molar-refractivity contribution < 1.29 is 8.78 Å². The summed E-state index contributed by atoms with van der Waals surface area (Å²) in [5, 5.41) is 0. The van der Waals surface area contributed by atoms with Crippen molar-refractivity contribution in [2.75, 3.05) is 31.1 Å². The standard InChI is InChI=1S/C8H16F2N2S/c1-7-4-13-3-2-12(7)6-8(9,10)5-11/h7H,2-6,11H2,1H3. The fourth-order valence-electron chi connectivity index (χ4n) is 1.36. The highest BCUT2D eigenvalue weighted by atomic mass is 32.2. The fraction of sp³-hybridized carbons (Fsp3) is 1.00. The summed E-state index contributed by atoms with van der Waals surface area (Å²) < 4.78 is 25.9. The van der Waals surface area contributed by atoms with Crippen LogP contribution < -0.4 is 5.73 Å². The Morgan fingerprint density at radius 2 is 2.31 bits per heavy atom. The van der Waals surface area contributed by atoms with Crippen LogP contribution in [0.25, 0.3) is 0 Å². The largest absolute Gasteiger partial charge is 0.325 e. The lowest BCUT2D eigenvalue weighted by Gasteiger charge is -2.35. The topological polar surface area (TPSA) is 29.3 Å². The van der Waals surface area contributed by atoms with Crippen molar-refractivity contribution in [1.82, 2.24) is 4.90 Å². The van der Waals surface area contributed by atoms with E-state index in [9.17, 15) is 8.78 Å². The normalized spacial score (nSPS) is 26.3. The second kappa shape index (κ2) is 4.57. The minimum atomic E-state index is -2.73. The number of thioether (sulfide) groups is 1. The first-order valence-corrected chi connectivity index (χ1v) is 5.60. The van der Waals surface area contributed by atoms with Crippen LogP contribution in [-0.2, 0) is 0 Å². The van der Waals surface area contributed by atoms with Crippen molar-refractivity contribution in [3.05, 3.63) is 0 Å². The Labute approximate surface area is 81.8 Å². The van der Waals surface area contributed by atoms with Crippen molar-refractivity contribution in [3.63, 3.8) is 0 Å². The molecule has 2 N–H and O–H groups in total. The van der Waals surface area contributed by atoms with Crippen molar-refractivity contribution in [2.45, 2.75) is 18.9 Å². The molecule has 1 heterocycles. The third-order valence-corrected chi connectivity index (χ3v) is 3.43. The van der Waals surface area contributed by atoms with E-state index in [1.165, 1.54) is 0 Å². The van der Waals surface area contributed by atoms with E-state index in [0.29, 0.717) is 0 Å². The van der Waals surface area contributed by atoms with E-state index in [1.54, 1.807) is 0 Å². The van der Waals surface area contributed by atoms with Gasteiger partial charge in [-0.3, -0.25) is 4.90 Å². The predicted octanol–water partition coefficient (Wildman–Crippen LogP) is 1.02. The Morgan fingerprint density at radius 3 is 2.85 bits per heavy atom. The van der Waals surface area contributed by atoms with E-state index in [1.807, 2.05) is 23.6 Å². The number of rotatable bonds is 3. The summed E-state index contributed by atoms with van der Waals surface area (Å²) in [6, 6.07) is 0.246. The zero-order valence-electron chi connectivity index (χ0n) is 7.80. The average Bonchev–Trinajstić information content (AvgIpc) is 2.09. The highest BCUT2D eigenvalue weighted by molar-refractivity contribution is 7.99. The maximum Gasteiger partial charge on any atom is 0.272 e. The molecule has 0 spiro atoms. The number of nitrogens with zero attached hydrogens (tertiary/aromatic N) is 1. The zero-order chi connectivity index (χ0) is 9.90. The average molecular weight is 210 g/mol. The fourth-order valence-corrected chi connectivity index (χ4v) is 2.44. The van der Waals surface area contributed by atoms with Crippen LogP contribution in [0.15, 0.2) is 0 Å². The van der Waals surface area contributed by atoms with Gasteiger partial charge in [-0.1, -0.05) is 0 Å². The van der Waals surface area contributed by atoms with Gasteiger partial charge >= 0.3 is 0 Å². The first kappa shape index (κ1) is 11.2. The molecule has 1 aliphatic heterocycles. The molecule has 1 aliphatic rings. The molecule has 5 heteroatoms. The third-order valence-electron chi connectivity index (χ3n) is 2.24. The molecule has 1 saturated heterocycles. The molecule has 1 rings (SSSR count). The molecule has 2 nitrogen and oxygen atoms in total. The number of hydrogen-bond donors (Lipinski definition) is 1. The van der Waals surface area contributed by atoms with Crippen molar-refractivity contribution in [1.29, 1.82) is 0 Å². The van der Waals surface area contributed by atoms with Crippen molar-refractivity contribution in [2.24, 2.45) is 5.73 Å². The van der Waals surface area contributed by atoms with Gasteiger partial charge in [-0.15, -0.1) is 0 Å². The molecule has 0 aliphatic carbocycles. The molecule has 0 bridgehead atoms. The zero-order valence-corrected chi connectivity index (χ0v) is 8.62. The van der Waals surface area contributed by atoms with Crippen molar-refractivity contribution in [3.8, 4) is 0 Å². The summed E-state index contributed by atoms with van der Waals surface area (Å²) in [6.07, 6.45) is 0. The van der Waals surface area contributed by atoms with Crippen LogP contribution in [0.1, 0.15) is 6.92 Å². The van der Waals surface area contributed by atoms with Crippen LogP contribution in [0.5, 0.6) is 0 Å². The Hall–Kier alpha value is 0.130. The Kier molecular flexibility index (Phi) is 3.94. The lowest BCUT2D eigenvalue weighted by molar-refractivity contribution is -0.0295. The second-order valence-corrected chi connectivity index (χ2v) is 4.60. The summed E-state index contributed by atoms with van der Waals surface area (Å²) in [5.41, 5.74) is 4.99. The molecule has 0 saturated carbocycles. The summed E-state index contributed by atoms with van der Waals surface area (Å²) >= 11 is 1.82. The van der Waals surface area contributed by atoms with Crippen LogP contribution >= 0.6 is 11.8 Å². The molecule has 78 valence electrons. The molecule has 1 unspecified atom stereocenters. The number of halogens is 2.